The van der Waals surface area contributed by atoms with E-state index in [0.717, 1.165) is 50.3 Å². The molecule has 0 aromatic carbocycles. The highest BCUT2D eigenvalue weighted by Crippen LogP contribution is 2.21. The van der Waals surface area contributed by atoms with Gasteiger partial charge in [-0.15, -0.1) is 0 Å². The van der Waals surface area contributed by atoms with Crippen molar-refractivity contribution in [2.45, 2.75) is 57.1 Å². The molecule has 1 aliphatic rings. The summed E-state index contributed by atoms with van der Waals surface area (Å²) < 4.78 is 26.8. The standard InChI is InChI=1S/C12H23NO3S2/c1-11(14)17-10-9-13-18(15,16)12-7-5-3-2-4-6-8-12/h12-13H,2-10H2,1H3. The zero-order valence-electron chi connectivity index (χ0n) is 11.0. The second-order valence-electron chi connectivity index (χ2n) is 4.75. The first-order valence-electron chi connectivity index (χ1n) is 6.64. The van der Waals surface area contributed by atoms with Crippen molar-refractivity contribution in [2.24, 2.45) is 0 Å². The third-order valence-electron chi connectivity index (χ3n) is 3.20. The summed E-state index contributed by atoms with van der Waals surface area (Å²) in [6.45, 7) is 1.84. The molecule has 0 spiro atoms. The molecule has 106 valence electrons. The lowest BCUT2D eigenvalue weighted by molar-refractivity contribution is -0.109. The van der Waals surface area contributed by atoms with Gasteiger partial charge in [-0.2, -0.15) is 0 Å². The molecular weight excluding hydrogens is 270 g/mol. The second kappa shape index (κ2) is 8.17. The molecule has 1 aliphatic carbocycles. The lowest BCUT2D eigenvalue weighted by Crippen LogP contribution is -2.36. The van der Waals surface area contributed by atoms with Crippen LogP contribution in [-0.2, 0) is 14.8 Å². The van der Waals surface area contributed by atoms with Crippen molar-refractivity contribution in [3.05, 3.63) is 0 Å². The van der Waals surface area contributed by atoms with Gasteiger partial charge in [0.2, 0.25) is 10.0 Å². The molecule has 1 fully saturated rings. The van der Waals surface area contributed by atoms with Gasteiger partial charge in [-0.25, -0.2) is 13.1 Å². The molecule has 0 aliphatic heterocycles. The summed E-state index contributed by atoms with van der Waals surface area (Å²) >= 11 is 1.16. The van der Waals surface area contributed by atoms with Gasteiger partial charge in [0.25, 0.3) is 0 Å². The van der Waals surface area contributed by atoms with Gasteiger partial charge in [0.1, 0.15) is 0 Å². The van der Waals surface area contributed by atoms with E-state index in [1.807, 2.05) is 0 Å². The van der Waals surface area contributed by atoms with Crippen LogP contribution in [0.3, 0.4) is 0 Å². The van der Waals surface area contributed by atoms with Crippen LogP contribution in [0, 0.1) is 0 Å². The maximum Gasteiger partial charge on any atom is 0.214 e. The fourth-order valence-electron chi connectivity index (χ4n) is 2.23. The van der Waals surface area contributed by atoms with E-state index < -0.39 is 10.0 Å². The van der Waals surface area contributed by atoms with Crippen LogP contribution in [-0.4, -0.2) is 31.1 Å². The van der Waals surface area contributed by atoms with Crippen LogP contribution in [0.1, 0.15) is 51.9 Å². The van der Waals surface area contributed by atoms with Gasteiger partial charge in [0.15, 0.2) is 5.12 Å². The first-order chi connectivity index (χ1) is 8.52. The Morgan fingerprint density at radius 3 is 2.28 bits per heavy atom. The Morgan fingerprint density at radius 1 is 1.17 bits per heavy atom. The second-order valence-corrected chi connectivity index (χ2v) is 8.06. The smallest absolute Gasteiger partial charge is 0.214 e. The summed E-state index contributed by atoms with van der Waals surface area (Å²) in [4.78, 5) is 10.7. The van der Waals surface area contributed by atoms with Crippen molar-refractivity contribution in [2.75, 3.05) is 12.3 Å². The molecule has 0 saturated heterocycles. The van der Waals surface area contributed by atoms with Crippen LogP contribution in [0.2, 0.25) is 0 Å². The first-order valence-corrected chi connectivity index (χ1v) is 9.17. The minimum atomic E-state index is -3.20. The van der Waals surface area contributed by atoms with E-state index in [-0.39, 0.29) is 10.4 Å². The maximum atomic E-state index is 12.1. The zero-order valence-corrected chi connectivity index (χ0v) is 12.6. The third kappa shape index (κ3) is 6.20. The van der Waals surface area contributed by atoms with Gasteiger partial charge in [-0.3, -0.25) is 4.79 Å². The summed E-state index contributed by atoms with van der Waals surface area (Å²) in [6.07, 6.45) is 7.08. The number of nitrogens with one attached hydrogen (secondary N) is 1. The monoisotopic (exact) mass is 293 g/mol. The molecule has 18 heavy (non-hydrogen) atoms. The van der Waals surface area contributed by atoms with Crippen LogP contribution in [0.5, 0.6) is 0 Å². The van der Waals surface area contributed by atoms with Gasteiger partial charge in [0.05, 0.1) is 5.25 Å². The average Bonchev–Trinajstić information content (AvgIpc) is 2.23. The van der Waals surface area contributed by atoms with E-state index in [1.54, 1.807) is 0 Å². The third-order valence-corrected chi connectivity index (χ3v) is 5.97. The van der Waals surface area contributed by atoms with E-state index in [2.05, 4.69) is 4.72 Å². The predicted octanol–water partition coefficient (Wildman–Crippen LogP) is 2.30. The molecule has 0 radical (unpaired) electrons. The fourth-order valence-corrected chi connectivity index (χ4v) is 4.42. The number of carbonyl (C=O) groups excluding carboxylic acids is 1. The lowest BCUT2D eigenvalue weighted by Gasteiger charge is -2.20. The molecular formula is C12H23NO3S2. The molecule has 4 nitrogen and oxygen atoms in total. The summed E-state index contributed by atoms with van der Waals surface area (Å²) in [7, 11) is -3.20. The van der Waals surface area contributed by atoms with Crippen molar-refractivity contribution < 1.29 is 13.2 Å². The summed E-state index contributed by atoms with van der Waals surface area (Å²) in [6, 6.07) is 0. The Hall–Kier alpha value is -0.0700. The molecule has 6 heteroatoms. The van der Waals surface area contributed by atoms with E-state index in [4.69, 9.17) is 0 Å². The summed E-state index contributed by atoms with van der Waals surface area (Å²) in [5.74, 6) is 0.515. The largest absolute Gasteiger partial charge is 0.288 e. The van der Waals surface area contributed by atoms with E-state index >= 15 is 0 Å². The normalized spacial score (nSPS) is 19.2. The molecule has 1 rings (SSSR count). The van der Waals surface area contributed by atoms with Crippen LogP contribution in [0.4, 0.5) is 0 Å². The molecule has 0 unspecified atom stereocenters. The molecule has 1 saturated carbocycles. The Labute approximate surface area is 114 Å². The number of carbonyl (C=O) groups is 1. The van der Waals surface area contributed by atoms with Crippen molar-refractivity contribution in [3.8, 4) is 0 Å². The molecule has 0 heterocycles. The number of sulfonamides is 1. The van der Waals surface area contributed by atoms with Crippen molar-refractivity contribution >= 4 is 26.9 Å². The Balaban J connectivity index is 2.37. The van der Waals surface area contributed by atoms with Gasteiger partial charge < -0.3 is 0 Å². The number of thioether (sulfide) groups is 1. The Bertz CT molecular complexity index is 346. The first kappa shape index (κ1) is 16.0. The lowest BCUT2D eigenvalue weighted by atomic mass is 10.0. The highest BCUT2D eigenvalue weighted by atomic mass is 32.2. The van der Waals surface area contributed by atoms with Crippen molar-refractivity contribution in [3.63, 3.8) is 0 Å². The van der Waals surface area contributed by atoms with Crippen molar-refractivity contribution in [1.29, 1.82) is 0 Å². The number of hydrogen-bond acceptors (Lipinski definition) is 4. The average molecular weight is 293 g/mol. The minimum absolute atomic E-state index is 0.0279. The maximum absolute atomic E-state index is 12.1. The van der Waals surface area contributed by atoms with Crippen LogP contribution < -0.4 is 4.72 Å². The van der Waals surface area contributed by atoms with Gasteiger partial charge >= 0.3 is 0 Å². The zero-order chi connectivity index (χ0) is 13.4. The van der Waals surface area contributed by atoms with Crippen LogP contribution in [0.15, 0.2) is 0 Å². The topological polar surface area (TPSA) is 63.2 Å². The SMILES string of the molecule is CC(=O)SCCNS(=O)(=O)C1CCCCCCC1. The summed E-state index contributed by atoms with van der Waals surface area (Å²) in [5.41, 5.74) is 0. The molecule has 0 atom stereocenters. The predicted molar refractivity (Wildman–Crippen MR) is 76.2 cm³/mol. The Morgan fingerprint density at radius 2 is 1.72 bits per heavy atom. The summed E-state index contributed by atoms with van der Waals surface area (Å²) in [5, 5.41) is -0.208. The van der Waals surface area contributed by atoms with Gasteiger partial charge in [0, 0.05) is 19.2 Å². The van der Waals surface area contributed by atoms with E-state index in [1.165, 1.54) is 13.3 Å². The van der Waals surface area contributed by atoms with Crippen molar-refractivity contribution in [1.82, 2.24) is 4.72 Å². The van der Waals surface area contributed by atoms with E-state index in [0.29, 0.717) is 12.3 Å². The highest BCUT2D eigenvalue weighted by Gasteiger charge is 2.24. The Kier molecular flexibility index (Phi) is 7.26. The minimum Gasteiger partial charge on any atom is -0.288 e. The fraction of sp³-hybridized carbons (Fsp3) is 0.917. The molecule has 0 aromatic heterocycles. The number of rotatable bonds is 5. The molecule has 0 aromatic rings. The van der Waals surface area contributed by atoms with Gasteiger partial charge in [-0.1, -0.05) is 43.9 Å². The van der Waals surface area contributed by atoms with Gasteiger partial charge in [-0.05, 0) is 12.8 Å². The van der Waals surface area contributed by atoms with Crippen LogP contribution in [0.25, 0.3) is 0 Å². The molecule has 0 bridgehead atoms. The van der Waals surface area contributed by atoms with Crippen LogP contribution >= 0.6 is 11.8 Å². The van der Waals surface area contributed by atoms with E-state index in [9.17, 15) is 13.2 Å². The quantitative estimate of drug-likeness (QED) is 0.790. The highest BCUT2D eigenvalue weighted by molar-refractivity contribution is 8.13. The molecule has 1 N–H and O–H groups in total. The molecule has 0 amide bonds. The number of hydrogen-bond donors (Lipinski definition) is 1.